The van der Waals surface area contributed by atoms with Crippen LogP contribution >= 0.6 is 41.6 Å². The first-order chi connectivity index (χ1) is 22.1. The molecule has 1 aliphatic heterocycles. The Kier molecular flexibility index (Phi) is 18.4. The van der Waals surface area contributed by atoms with Gasteiger partial charge in [-0.3, -0.25) is 9.97 Å². The predicted octanol–water partition coefficient (Wildman–Crippen LogP) is 11.2. The summed E-state index contributed by atoms with van der Waals surface area (Å²) in [5.41, 5.74) is 12.1. The Morgan fingerprint density at radius 1 is 0.660 bits per heavy atom. The van der Waals surface area contributed by atoms with Crippen molar-refractivity contribution in [3.8, 4) is 0 Å². The van der Waals surface area contributed by atoms with Gasteiger partial charge in [0.25, 0.3) is 0 Å². The zero-order chi connectivity index (χ0) is 33.5. The van der Waals surface area contributed by atoms with E-state index in [4.69, 9.17) is 9.69 Å². The molecule has 5 aromatic rings. The van der Waals surface area contributed by atoms with Crippen LogP contribution in [0.2, 0.25) is 0 Å². The third-order valence-corrected chi connectivity index (χ3v) is 9.08. The molecule has 4 nitrogen and oxygen atoms in total. The van der Waals surface area contributed by atoms with Gasteiger partial charge in [-0.05, 0) is 120 Å². The standard InChI is InChI=1S/C21H27N2.C7H6.2C5H4BrN.CH3.ClH.Ru/c1-14-9-16(3)20(17(4)10-14)22-7-8-23(13-22)21-18(5)11-15(2)12-19(21)6;1-7-5-3-2-4-6-7;2*6-5-2-1-3-7-4-5;;;/h9-13H,7-8H2,1-6H3;1-6H;2*1-4H;1H3;1H;/q-1;;;;-1;;+1/p-1. The summed E-state index contributed by atoms with van der Waals surface area (Å²) in [7, 11) is 5.57. The third-order valence-electron chi connectivity index (χ3n) is 6.91. The summed E-state index contributed by atoms with van der Waals surface area (Å²) in [6, 6.07) is 26.9. The summed E-state index contributed by atoms with van der Waals surface area (Å²) in [4.78, 5) is 12.5. The summed E-state index contributed by atoms with van der Waals surface area (Å²) in [6.45, 7) is 17.6. The Hall–Kier alpha value is -2.70. The predicted molar refractivity (Wildman–Crippen MR) is 208 cm³/mol. The number of anilines is 2. The van der Waals surface area contributed by atoms with Crippen LogP contribution in [0.4, 0.5) is 11.4 Å². The summed E-state index contributed by atoms with van der Waals surface area (Å²) in [5.74, 6) is 0. The number of hydrogen-bond acceptors (Lipinski definition) is 4. The van der Waals surface area contributed by atoms with Crippen molar-refractivity contribution >= 4 is 57.5 Å². The van der Waals surface area contributed by atoms with Crippen molar-refractivity contribution in [1.29, 1.82) is 0 Å². The van der Waals surface area contributed by atoms with E-state index in [1.54, 1.807) is 24.8 Å². The summed E-state index contributed by atoms with van der Waals surface area (Å²) >= 11 is 6.42. The van der Waals surface area contributed by atoms with E-state index in [1.807, 2.05) is 42.5 Å². The third kappa shape index (κ3) is 13.7. The number of pyridine rings is 2. The molecule has 0 N–H and O–H groups in total. The Bertz CT molecular complexity index is 1520. The van der Waals surface area contributed by atoms with Crippen LogP contribution in [0.1, 0.15) is 38.9 Å². The molecule has 0 radical (unpaired) electrons. The van der Waals surface area contributed by atoms with Gasteiger partial charge in [0.2, 0.25) is 0 Å². The number of nitrogens with zero attached hydrogens (tertiary/aromatic N) is 4. The van der Waals surface area contributed by atoms with Gasteiger partial charge in [-0.25, -0.2) is 0 Å². The molecule has 8 heteroatoms. The SMILES string of the molecule is Brc1cccnc1.Brc1cccnc1.Cc1cc(C)c(N2[CH-]N(c3c(C)cc(C)cc3C)CC2)c(C)c1.[CH3-].[Cl][Ru]=[CH]c1ccccc1. The number of rotatable bonds is 3. The van der Waals surface area contributed by atoms with E-state index in [1.165, 1.54) is 50.3 Å². The Morgan fingerprint density at radius 2 is 1.06 bits per heavy atom. The fourth-order valence-electron chi connectivity index (χ4n) is 5.34. The van der Waals surface area contributed by atoms with Crippen LogP contribution in [-0.2, 0) is 15.7 Å². The van der Waals surface area contributed by atoms with Crippen LogP contribution < -0.4 is 9.80 Å². The van der Waals surface area contributed by atoms with Crippen LogP contribution in [-0.4, -0.2) is 27.7 Å². The normalized spacial score (nSPS) is 11.9. The number of aromatic nitrogens is 2. The molecule has 0 amide bonds. The maximum atomic E-state index is 5.57. The van der Waals surface area contributed by atoms with E-state index >= 15 is 0 Å². The molecule has 0 aliphatic carbocycles. The average Bonchev–Trinajstić information content (AvgIpc) is 3.47. The van der Waals surface area contributed by atoms with Crippen molar-refractivity contribution < 1.29 is 15.7 Å². The van der Waals surface area contributed by atoms with Crippen LogP contribution in [0.15, 0.2) is 113 Å². The van der Waals surface area contributed by atoms with Crippen LogP contribution in [0, 0.1) is 55.6 Å². The topological polar surface area (TPSA) is 32.3 Å². The molecule has 3 heterocycles. The number of benzene rings is 3. The minimum absolute atomic E-state index is 0. The first-order valence-electron chi connectivity index (χ1n) is 14.8. The summed E-state index contributed by atoms with van der Waals surface area (Å²) < 4.78 is 4.11. The molecule has 1 fully saturated rings. The van der Waals surface area contributed by atoms with Gasteiger partial charge in [0.05, 0.1) is 0 Å². The van der Waals surface area contributed by atoms with Gasteiger partial charge >= 0.3 is 65.9 Å². The van der Waals surface area contributed by atoms with Crippen LogP contribution in [0.25, 0.3) is 0 Å². The van der Waals surface area contributed by atoms with Crippen molar-refractivity contribution in [2.75, 3.05) is 22.9 Å². The van der Waals surface area contributed by atoms with Crippen LogP contribution in [0.5, 0.6) is 0 Å². The zero-order valence-corrected chi connectivity index (χ0v) is 33.8. The van der Waals surface area contributed by atoms with Crippen molar-refractivity contribution in [1.82, 2.24) is 9.97 Å². The number of halogens is 3. The van der Waals surface area contributed by atoms with Gasteiger partial charge in [0, 0.05) is 58.2 Å². The molecule has 3 aromatic carbocycles. The molecule has 0 atom stereocenters. The molecule has 251 valence electrons. The van der Waals surface area contributed by atoms with Crippen molar-refractivity contribution in [3.63, 3.8) is 0 Å². The summed E-state index contributed by atoms with van der Waals surface area (Å²) in [5, 5.41) is 0. The fraction of sp³-hybridized carbons (Fsp3) is 0.205. The van der Waals surface area contributed by atoms with Gasteiger partial charge in [-0.2, -0.15) is 6.67 Å². The van der Waals surface area contributed by atoms with E-state index < -0.39 is 0 Å². The first kappa shape index (κ1) is 40.5. The molecule has 0 bridgehead atoms. The molecule has 0 spiro atoms. The second-order valence-electron chi connectivity index (χ2n) is 10.9. The quantitative estimate of drug-likeness (QED) is 0.134. The molecule has 47 heavy (non-hydrogen) atoms. The average molecular weight is 865 g/mol. The Morgan fingerprint density at radius 3 is 1.36 bits per heavy atom. The van der Waals surface area contributed by atoms with E-state index in [2.05, 4.69) is 141 Å². The van der Waals surface area contributed by atoms with Crippen molar-refractivity contribution in [2.24, 2.45) is 0 Å². The minimum atomic E-state index is -0.0765. The molecule has 1 saturated heterocycles. The fourth-order valence-corrected chi connectivity index (χ4v) is 6.96. The van der Waals surface area contributed by atoms with Crippen LogP contribution in [0.3, 0.4) is 0 Å². The first-order valence-corrected chi connectivity index (χ1v) is 19.7. The molecule has 1 aliphatic rings. The molecule has 2 aromatic heterocycles. The van der Waals surface area contributed by atoms with E-state index in [0.717, 1.165) is 22.0 Å². The second-order valence-corrected chi connectivity index (χ2v) is 14.6. The van der Waals surface area contributed by atoms with E-state index in [0.29, 0.717) is 0 Å². The molecular weight excluding hydrogens is 821 g/mol. The monoisotopic (exact) mass is 863 g/mol. The molecular formula is C39H44Br2ClN4Ru-2. The zero-order valence-electron chi connectivity index (χ0n) is 28.2. The molecule has 0 saturated carbocycles. The van der Waals surface area contributed by atoms with Crippen molar-refractivity contribution in [3.05, 3.63) is 166 Å². The molecule has 0 unspecified atom stereocenters. The van der Waals surface area contributed by atoms with Gasteiger partial charge in [0.15, 0.2) is 0 Å². The van der Waals surface area contributed by atoms with Gasteiger partial charge < -0.3 is 17.2 Å². The van der Waals surface area contributed by atoms with E-state index in [-0.39, 0.29) is 23.1 Å². The van der Waals surface area contributed by atoms with E-state index in [9.17, 15) is 0 Å². The summed E-state index contributed by atoms with van der Waals surface area (Å²) in [6.07, 6.45) is 6.98. The van der Waals surface area contributed by atoms with Gasteiger partial charge in [-0.15, -0.1) is 0 Å². The van der Waals surface area contributed by atoms with Gasteiger partial charge in [-0.1, -0.05) is 35.4 Å². The number of hydrogen-bond donors (Lipinski definition) is 0. The number of aryl methyl sites for hydroxylation is 6. The Balaban J connectivity index is 0.000000261. The maximum absolute atomic E-state index is 5.57. The molecule has 6 rings (SSSR count). The second kappa shape index (κ2) is 21.3. The van der Waals surface area contributed by atoms with Crippen molar-refractivity contribution in [2.45, 2.75) is 41.5 Å². The Labute approximate surface area is 311 Å². The van der Waals surface area contributed by atoms with Gasteiger partial charge in [0.1, 0.15) is 0 Å².